The number of nitrogens with one attached hydrogen (secondary N) is 2. The maximum Gasteiger partial charge on any atom is 0.319 e. The smallest absolute Gasteiger partial charge is 0.319 e. The lowest BCUT2D eigenvalue weighted by atomic mass is 10.0. The minimum Gasteiger partial charge on any atom is -0.338 e. The van der Waals surface area contributed by atoms with Gasteiger partial charge in [-0.05, 0) is 31.0 Å². The molecule has 3 heteroatoms. The maximum absolute atomic E-state index is 11.9. The van der Waals surface area contributed by atoms with E-state index in [0.717, 1.165) is 24.2 Å². The molecular weight excluding hydrogens is 356 g/mol. The van der Waals surface area contributed by atoms with Crippen LogP contribution in [0.2, 0.25) is 0 Å². The third-order valence-electron chi connectivity index (χ3n) is 5.59. The van der Waals surface area contributed by atoms with E-state index in [1.54, 1.807) is 0 Å². The van der Waals surface area contributed by atoms with E-state index >= 15 is 0 Å². The van der Waals surface area contributed by atoms with Gasteiger partial charge in [-0.25, -0.2) is 4.79 Å². The van der Waals surface area contributed by atoms with Crippen LogP contribution in [0.4, 0.5) is 10.5 Å². The molecule has 1 aromatic carbocycles. The van der Waals surface area contributed by atoms with Crippen LogP contribution < -0.4 is 10.6 Å². The van der Waals surface area contributed by atoms with Gasteiger partial charge in [0.25, 0.3) is 0 Å². The third-order valence-corrected chi connectivity index (χ3v) is 5.59. The van der Waals surface area contributed by atoms with Crippen molar-refractivity contribution in [3.63, 3.8) is 0 Å². The average molecular weight is 403 g/mol. The first-order valence-corrected chi connectivity index (χ1v) is 12.3. The van der Waals surface area contributed by atoms with Crippen molar-refractivity contribution in [2.24, 2.45) is 0 Å². The summed E-state index contributed by atoms with van der Waals surface area (Å²) in [6.45, 7) is 5.07. The number of rotatable bonds is 18. The quantitative estimate of drug-likeness (QED) is 0.238. The summed E-state index contributed by atoms with van der Waals surface area (Å²) in [5.74, 6) is 0. The Labute approximate surface area is 180 Å². The highest BCUT2D eigenvalue weighted by Gasteiger charge is 2.01. The fourth-order valence-electron chi connectivity index (χ4n) is 3.77. The molecule has 0 saturated heterocycles. The van der Waals surface area contributed by atoms with Gasteiger partial charge in [0.05, 0.1) is 0 Å². The van der Waals surface area contributed by atoms with Crippen molar-refractivity contribution in [1.29, 1.82) is 0 Å². The van der Waals surface area contributed by atoms with Gasteiger partial charge in [0.1, 0.15) is 0 Å². The van der Waals surface area contributed by atoms with E-state index in [-0.39, 0.29) is 6.03 Å². The highest BCUT2D eigenvalue weighted by atomic mass is 16.2. The Morgan fingerprint density at radius 1 is 0.724 bits per heavy atom. The Balaban J connectivity index is 1.78. The fraction of sp³-hybridized carbons (Fsp3) is 0.731. The molecule has 3 nitrogen and oxygen atoms in total. The summed E-state index contributed by atoms with van der Waals surface area (Å²) in [7, 11) is 0. The average Bonchev–Trinajstić information content (AvgIpc) is 2.70. The highest BCUT2D eigenvalue weighted by Crippen LogP contribution is 2.13. The van der Waals surface area contributed by atoms with Gasteiger partial charge in [-0.3, -0.25) is 0 Å². The van der Waals surface area contributed by atoms with E-state index in [1.165, 1.54) is 96.3 Å². The first-order chi connectivity index (χ1) is 14.2. The monoisotopic (exact) mass is 402 g/mol. The van der Waals surface area contributed by atoms with E-state index in [1.807, 2.05) is 31.2 Å². The van der Waals surface area contributed by atoms with Crippen LogP contribution in [-0.2, 0) is 0 Å². The summed E-state index contributed by atoms with van der Waals surface area (Å²) >= 11 is 0. The first kappa shape index (κ1) is 25.5. The molecule has 166 valence electrons. The van der Waals surface area contributed by atoms with Crippen molar-refractivity contribution in [2.45, 2.75) is 117 Å². The van der Waals surface area contributed by atoms with Crippen molar-refractivity contribution >= 4 is 11.7 Å². The largest absolute Gasteiger partial charge is 0.338 e. The molecule has 0 radical (unpaired) electrons. The first-order valence-electron chi connectivity index (χ1n) is 12.3. The number of aryl methyl sites for hydroxylation is 1. The summed E-state index contributed by atoms with van der Waals surface area (Å²) in [6.07, 6.45) is 21.9. The molecule has 0 aliphatic rings. The molecule has 1 rings (SSSR count). The third kappa shape index (κ3) is 16.0. The van der Waals surface area contributed by atoms with Crippen molar-refractivity contribution in [1.82, 2.24) is 5.32 Å². The van der Waals surface area contributed by atoms with E-state index in [4.69, 9.17) is 0 Å². The van der Waals surface area contributed by atoms with Crippen LogP contribution in [0.3, 0.4) is 0 Å². The molecule has 1 aromatic rings. The van der Waals surface area contributed by atoms with E-state index in [0.29, 0.717) is 0 Å². The molecule has 0 fully saturated rings. The van der Waals surface area contributed by atoms with Gasteiger partial charge in [-0.1, -0.05) is 115 Å². The zero-order chi connectivity index (χ0) is 21.0. The van der Waals surface area contributed by atoms with Crippen LogP contribution in [0.25, 0.3) is 0 Å². The lowest BCUT2D eigenvalue weighted by molar-refractivity contribution is 0.252. The number of carbonyl (C=O) groups excluding carboxylic acids is 1. The van der Waals surface area contributed by atoms with Crippen molar-refractivity contribution in [2.75, 3.05) is 11.9 Å². The SMILES string of the molecule is CCCCCCCCCCCCCCCCCCNC(=O)Nc1cccc(C)c1. The van der Waals surface area contributed by atoms with Gasteiger partial charge in [-0.15, -0.1) is 0 Å². The summed E-state index contributed by atoms with van der Waals surface area (Å²) < 4.78 is 0. The second-order valence-corrected chi connectivity index (χ2v) is 8.55. The van der Waals surface area contributed by atoms with Crippen LogP contribution in [0.15, 0.2) is 24.3 Å². The van der Waals surface area contributed by atoms with Gasteiger partial charge in [0.2, 0.25) is 0 Å². The molecule has 0 heterocycles. The minimum absolute atomic E-state index is 0.100. The number of anilines is 1. The maximum atomic E-state index is 11.9. The molecule has 0 bridgehead atoms. The molecular formula is C26H46N2O. The lowest BCUT2D eigenvalue weighted by Crippen LogP contribution is -2.29. The zero-order valence-corrected chi connectivity index (χ0v) is 19.2. The van der Waals surface area contributed by atoms with Gasteiger partial charge in [-0.2, -0.15) is 0 Å². The predicted molar refractivity (Wildman–Crippen MR) is 128 cm³/mol. The number of carbonyl (C=O) groups is 1. The Morgan fingerprint density at radius 2 is 1.21 bits per heavy atom. The standard InChI is InChI=1S/C26H46N2O/c1-3-4-5-6-7-8-9-10-11-12-13-14-15-16-17-18-22-27-26(29)28-25-21-19-20-24(2)23-25/h19-21,23H,3-18,22H2,1-2H3,(H2,27,28,29). The summed E-state index contributed by atoms with van der Waals surface area (Å²) in [6, 6.07) is 7.78. The van der Waals surface area contributed by atoms with Crippen LogP contribution in [-0.4, -0.2) is 12.6 Å². The van der Waals surface area contributed by atoms with Crippen molar-refractivity contribution in [3.8, 4) is 0 Å². The number of hydrogen-bond acceptors (Lipinski definition) is 1. The Morgan fingerprint density at radius 3 is 1.69 bits per heavy atom. The molecule has 0 unspecified atom stereocenters. The molecule has 0 saturated carbocycles. The van der Waals surface area contributed by atoms with Gasteiger partial charge < -0.3 is 10.6 Å². The van der Waals surface area contributed by atoms with E-state index in [2.05, 4.69) is 17.6 Å². The normalized spacial score (nSPS) is 10.8. The molecule has 2 N–H and O–H groups in total. The predicted octanol–water partition coefficient (Wildman–Crippen LogP) is 8.38. The van der Waals surface area contributed by atoms with Crippen LogP contribution in [0.1, 0.15) is 115 Å². The summed E-state index contributed by atoms with van der Waals surface area (Å²) in [5.41, 5.74) is 2.01. The molecule has 0 spiro atoms. The van der Waals surface area contributed by atoms with E-state index < -0.39 is 0 Å². The van der Waals surface area contributed by atoms with Crippen molar-refractivity contribution < 1.29 is 4.79 Å². The number of benzene rings is 1. The Hall–Kier alpha value is -1.51. The minimum atomic E-state index is -0.100. The molecule has 0 aliphatic carbocycles. The van der Waals surface area contributed by atoms with E-state index in [9.17, 15) is 4.79 Å². The molecule has 0 atom stereocenters. The van der Waals surface area contributed by atoms with Crippen LogP contribution >= 0.6 is 0 Å². The van der Waals surface area contributed by atoms with Gasteiger partial charge in [0, 0.05) is 12.2 Å². The second kappa shape index (κ2) is 18.5. The van der Waals surface area contributed by atoms with Crippen LogP contribution in [0.5, 0.6) is 0 Å². The molecule has 0 aliphatic heterocycles. The number of urea groups is 1. The molecule has 29 heavy (non-hydrogen) atoms. The summed E-state index contributed by atoms with van der Waals surface area (Å²) in [4.78, 5) is 11.9. The van der Waals surface area contributed by atoms with Gasteiger partial charge >= 0.3 is 6.03 Å². The van der Waals surface area contributed by atoms with Gasteiger partial charge in [0.15, 0.2) is 0 Å². The Kier molecular flexibility index (Phi) is 16.3. The number of unbranched alkanes of at least 4 members (excludes halogenated alkanes) is 15. The fourth-order valence-corrected chi connectivity index (χ4v) is 3.77. The Bertz CT molecular complexity index is 515. The topological polar surface area (TPSA) is 41.1 Å². The number of amides is 2. The highest BCUT2D eigenvalue weighted by molar-refractivity contribution is 5.89. The second-order valence-electron chi connectivity index (χ2n) is 8.55. The van der Waals surface area contributed by atoms with Crippen LogP contribution in [0, 0.1) is 6.92 Å². The lowest BCUT2D eigenvalue weighted by Gasteiger charge is -2.08. The number of hydrogen-bond donors (Lipinski definition) is 2. The molecule has 0 aromatic heterocycles. The molecule has 2 amide bonds. The summed E-state index contributed by atoms with van der Waals surface area (Å²) in [5, 5.41) is 5.84. The zero-order valence-electron chi connectivity index (χ0n) is 19.2. The van der Waals surface area contributed by atoms with Crippen molar-refractivity contribution in [3.05, 3.63) is 29.8 Å².